The molecule has 0 aromatic carbocycles. The molecule has 26 heavy (non-hydrogen) atoms. The van der Waals surface area contributed by atoms with E-state index in [1.807, 2.05) is 11.3 Å². The molecule has 0 amide bonds. The van der Waals surface area contributed by atoms with E-state index in [2.05, 4.69) is 47.5 Å². The van der Waals surface area contributed by atoms with Gasteiger partial charge in [-0.25, -0.2) is 0 Å². The fourth-order valence-corrected chi connectivity index (χ4v) is 6.74. The molecule has 142 valence electrons. The molecule has 0 radical (unpaired) electrons. The third kappa shape index (κ3) is 3.13. The lowest BCUT2D eigenvalue weighted by molar-refractivity contribution is 0.0398. The number of hydrogen-bond acceptors (Lipinski definition) is 4. The molecule has 3 fully saturated rings. The normalized spacial score (nSPS) is 34.1. The number of thiophene rings is 1. The van der Waals surface area contributed by atoms with E-state index in [4.69, 9.17) is 0 Å². The van der Waals surface area contributed by atoms with Gasteiger partial charge >= 0.3 is 0 Å². The zero-order valence-electron chi connectivity index (χ0n) is 16.5. The largest absolute Gasteiger partial charge is 0.303 e. The van der Waals surface area contributed by atoms with Crippen molar-refractivity contribution >= 4 is 11.3 Å². The Hall–Kier alpha value is -0.890. The van der Waals surface area contributed by atoms with E-state index < -0.39 is 0 Å². The van der Waals surface area contributed by atoms with Crippen molar-refractivity contribution in [2.45, 2.75) is 63.3 Å². The maximum Gasteiger partial charge on any atom is 0.0690 e. The summed E-state index contributed by atoms with van der Waals surface area (Å²) in [7, 11) is 4.53. The summed E-state index contributed by atoms with van der Waals surface area (Å²) in [4.78, 5) is 6.70. The zero-order chi connectivity index (χ0) is 18.3. The van der Waals surface area contributed by atoms with E-state index in [1.54, 1.807) is 4.88 Å². The van der Waals surface area contributed by atoms with Crippen LogP contribution in [0.15, 0.2) is 17.5 Å². The van der Waals surface area contributed by atoms with Gasteiger partial charge in [0.15, 0.2) is 0 Å². The predicted octanol–water partition coefficient (Wildman–Crippen LogP) is 4.86. The first kappa shape index (κ1) is 18.5. The summed E-state index contributed by atoms with van der Waals surface area (Å²) in [5.41, 5.74) is 0.821. The Morgan fingerprint density at radius 2 is 1.92 bits per heavy atom. The van der Waals surface area contributed by atoms with Gasteiger partial charge in [-0.15, -0.1) is 11.3 Å². The van der Waals surface area contributed by atoms with Crippen molar-refractivity contribution in [3.63, 3.8) is 0 Å². The van der Waals surface area contributed by atoms with Crippen molar-refractivity contribution in [2.24, 2.45) is 10.8 Å². The van der Waals surface area contributed by atoms with E-state index in [-0.39, 0.29) is 11.0 Å². The Morgan fingerprint density at radius 1 is 1.15 bits per heavy atom. The van der Waals surface area contributed by atoms with E-state index in [9.17, 15) is 5.26 Å². The van der Waals surface area contributed by atoms with E-state index in [0.29, 0.717) is 5.41 Å². The van der Waals surface area contributed by atoms with E-state index in [0.717, 1.165) is 25.8 Å². The minimum Gasteiger partial charge on any atom is -0.303 e. The molecule has 3 nitrogen and oxygen atoms in total. The van der Waals surface area contributed by atoms with Gasteiger partial charge in [0.05, 0.1) is 17.0 Å². The summed E-state index contributed by atoms with van der Waals surface area (Å²) in [6.07, 6.45) is 11.3. The van der Waals surface area contributed by atoms with Crippen LogP contribution in [0.4, 0.5) is 0 Å². The Morgan fingerprint density at radius 3 is 2.46 bits per heavy atom. The maximum atomic E-state index is 9.48. The van der Waals surface area contributed by atoms with Gasteiger partial charge in [-0.1, -0.05) is 12.5 Å². The van der Waals surface area contributed by atoms with Crippen LogP contribution in [0.2, 0.25) is 0 Å². The zero-order valence-corrected chi connectivity index (χ0v) is 17.3. The van der Waals surface area contributed by atoms with Crippen molar-refractivity contribution in [3.05, 3.63) is 22.4 Å². The quantitative estimate of drug-likeness (QED) is 0.741. The van der Waals surface area contributed by atoms with Gasteiger partial charge < -0.3 is 4.90 Å². The molecule has 1 spiro atoms. The van der Waals surface area contributed by atoms with Gasteiger partial charge in [0.2, 0.25) is 0 Å². The number of likely N-dealkylation sites (tertiary alicyclic amines) is 1. The second-order valence-corrected chi connectivity index (χ2v) is 10.4. The first-order valence-corrected chi connectivity index (χ1v) is 11.2. The highest BCUT2D eigenvalue weighted by Crippen LogP contribution is 2.53. The first-order valence-electron chi connectivity index (χ1n) is 10.4. The number of nitrogens with zero attached hydrogens (tertiary/aromatic N) is 3. The molecular weight excluding hydrogens is 338 g/mol. The van der Waals surface area contributed by atoms with Crippen LogP contribution in [0.25, 0.3) is 0 Å². The summed E-state index contributed by atoms with van der Waals surface area (Å²) in [5, 5.41) is 11.7. The summed E-state index contributed by atoms with van der Waals surface area (Å²) in [6, 6.07) is 7.16. The third-order valence-electron chi connectivity index (χ3n) is 7.95. The van der Waals surface area contributed by atoms with Gasteiger partial charge in [0.1, 0.15) is 0 Å². The highest BCUT2D eigenvalue weighted by Gasteiger charge is 2.48. The van der Waals surface area contributed by atoms with Crippen LogP contribution in [-0.4, -0.2) is 43.5 Å². The van der Waals surface area contributed by atoms with Gasteiger partial charge in [-0.2, -0.15) is 5.26 Å². The van der Waals surface area contributed by atoms with Crippen molar-refractivity contribution in [1.29, 1.82) is 5.26 Å². The van der Waals surface area contributed by atoms with Crippen LogP contribution in [0, 0.1) is 22.2 Å². The lowest BCUT2D eigenvalue weighted by Crippen LogP contribution is -2.47. The Labute approximate surface area is 163 Å². The highest BCUT2D eigenvalue weighted by molar-refractivity contribution is 7.10. The van der Waals surface area contributed by atoms with Crippen LogP contribution in [0.5, 0.6) is 0 Å². The molecule has 0 bridgehead atoms. The standard InChI is InChI=1S/C22H33N3S/c1-24(2)22(19-5-3-16-26-19)10-8-21(9-11-22)13-15-25(18-21)14-12-20(17-23)6-4-7-20/h3,5,16H,4,6-15,18H2,1-2H3. The Bertz CT molecular complexity index is 645. The molecule has 3 aliphatic rings. The maximum absolute atomic E-state index is 9.48. The van der Waals surface area contributed by atoms with Gasteiger partial charge in [0.25, 0.3) is 0 Å². The van der Waals surface area contributed by atoms with Crippen molar-refractivity contribution in [3.8, 4) is 6.07 Å². The molecule has 2 aliphatic carbocycles. The van der Waals surface area contributed by atoms with Gasteiger partial charge in [0, 0.05) is 11.4 Å². The van der Waals surface area contributed by atoms with E-state index in [1.165, 1.54) is 51.6 Å². The second-order valence-electron chi connectivity index (χ2n) is 9.43. The average molecular weight is 372 g/mol. The molecule has 0 N–H and O–H groups in total. The summed E-state index contributed by atoms with van der Waals surface area (Å²) in [5.74, 6) is 0. The van der Waals surface area contributed by atoms with Crippen LogP contribution in [0.1, 0.15) is 62.7 Å². The first-order chi connectivity index (χ1) is 12.5. The Balaban J connectivity index is 1.36. The van der Waals surface area contributed by atoms with Gasteiger partial charge in [-0.05, 0) is 95.4 Å². The second kappa shape index (κ2) is 6.93. The van der Waals surface area contributed by atoms with Crippen LogP contribution < -0.4 is 0 Å². The number of rotatable bonds is 5. The minimum absolute atomic E-state index is 0.0293. The highest BCUT2D eigenvalue weighted by atomic mass is 32.1. The van der Waals surface area contributed by atoms with Crippen LogP contribution in [-0.2, 0) is 5.54 Å². The summed E-state index contributed by atoms with van der Waals surface area (Å²) in [6.45, 7) is 3.65. The molecule has 0 atom stereocenters. The fraction of sp³-hybridized carbons (Fsp3) is 0.773. The van der Waals surface area contributed by atoms with Crippen LogP contribution in [0.3, 0.4) is 0 Å². The third-order valence-corrected chi connectivity index (χ3v) is 9.01. The predicted molar refractivity (Wildman–Crippen MR) is 108 cm³/mol. The van der Waals surface area contributed by atoms with E-state index >= 15 is 0 Å². The lowest BCUT2D eigenvalue weighted by atomic mass is 9.66. The molecule has 2 saturated carbocycles. The fourth-order valence-electron chi connectivity index (χ4n) is 5.67. The number of hydrogen-bond donors (Lipinski definition) is 0. The molecule has 2 heterocycles. The van der Waals surface area contributed by atoms with Crippen molar-refractivity contribution in [1.82, 2.24) is 9.80 Å². The van der Waals surface area contributed by atoms with Crippen molar-refractivity contribution < 1.29 is 0 Å². The molecule has 1 aromatic rings. The SMILES string of the molecule is CN(C)C1(c2cccs2)CCC2(CCN(CCC3(C#N)CCC3)C2)CC1. The molecule has 4 rings (SSSR count). The van der Waals surface area contributed by atoms with Crippen LogP contribution >= 0.6 is 11.3 Å². The molecule has 1 aliphatic heterocycles. The molecule has 0 unspecified atom stereocenters. The molecule has 4 heteroatoms. The summed E-state index contributed by atoms with van der Waals surface area (Å²) >= 11 is 1.93. The smallest absolute Gasteiger partial charge is 0.0690 e. The molecule has 1 aromatic heterocycles. The minimum atomic E-state index is 0.0293. The number of nitriles is 1. The monoisotopic (exact) mass is 371 g/mol. The average Bonchev–Trinajstić information content (AvgIpc) is 3.26. The Kier molecular flexibility index (Phi) is 4.92. The lowest BCUT2D eigenvalue weighted by Gasteiger charge is -2.48. The molecule has 1 saturated heterocycles. The topological polar surface area (TPSA) is 30.3 Å². The van der Waals surface area contributed by atoms with Gasteiger partial charge in [-0.3, -0.25) is 4.90 Å². The van der Waals surface area contributed by atoms with Crippen molar-refractivity contribution in [2.75, 3.05) is 33.7 Å². The summed E-state index contributed by atoms with van der Waals surface area (Å²) < 4.78 is 0. The molecular formula is C22H33N3S.